The molecule has 0 fully saturated rings. The molecule has 0 N–H and O–H groups in total. The fourth-order valence-electron chi connectivity index (χ4n) is 1.14. The average molecular weight is 186 g/mol. The molecule has 0 saturated carbocycles. The van der Waals surface area contributed by atoms with E-state index in [1.165, 1.54) is 6.33 Å². The predicted octanol–water partition coefficient (Wildman–Crippen LogP) is 2.58. The van der Waals surface area contributed by atoms with Gasteiger partial charge in [-0.1, -0.05) is 12.1 Å². The van der Waals surface area contributed by atoms with Gasteiger partial charge in [-0.25, -0.2) is 9.97 Å². The second kappa shape index (κ2) is 3.87. The molecule has 0 bridgehead atoms. The average Bonchev–Trinajstić information content (AvgIpc) is 2.19. The monoisotopic (exact) mass is 186 g/mol. The highest BCUT2D eigenvalue weighted by atomic mass is 16.5. The summed E-state index contributed by atoms with van der Waals surface area (Å²) in [7, 11) is 0. The summed E-state index contributed by atoms with van der Waals surface area (Å²) in [5, 5.41) is 0. The number of ether oxygens (including phenoxy) is 1. The van der Waals surface area contributed by atoms with E-state index >= 15 is 0 Å². The number of benzene rings is 1. The van der Waals surface area contributed by atoms with Gasteiger partial charge in [0, 0.05) is 12.3 Å². The molecule has 1 aromatic carbocycles. The fraction of sp³-hybridized carbons (Fsp3) is 0.0909. The lowest BCUT2D eigenvalue weighted by Gasteiger charge is -2.03. The third kappa shape index (κ3) is 2.07. The molecule has 0 atom stereocenters. The van der Waals surface area contributed by atoms with Crippen LogP contribution in [0.25, 0.3) is 0 Å². The van der Waals surface area contributed by atoms with Crippen LogP contribution in [0.3, 0.4) is 0 Å². The van der Waals surface area contributed by atoms with Crippen LogP contribution < -0.4 is 4.74 Å². The van der Waals surface area contributed by atoms with E-state index in [1.54, 1.807) is 12.3 Å². The van der Waals surface area contributed by atoms with Crippen molar-refractivity contribution in [1.29, 1.82) is 0 Å². The van der Waals surface area contributed by atoms with Gasteiger partial charge in [0.2, 0.25) is 5.88 Å². The second-order valence-corrected chi connectivity index (χ2v) is 2.97. The molecule has 0 aliphatic heterocycles. The topological polar surface area (TPSA) is 35.0 Å². The molecule has 0 aliphatic rings. The van der Waals surface area contributed by atoms with Crippen LogP contribution in [0.5, 0.6) is 11.6 Å². The highest BCUT2D eigenvalue weighted by Gasteiger charge is 1.96. The van der Waals surface area contributed by atoms with E-state index in [9.17, 15) is 0 Å². The van der Waals surface area contributed by atoms with Crippen LogP contribution >= 0.6 is 0 Å². The van der Waals surface area contributed by atoms with Gasteiger partial charge in [-0.15, -0.1) is 0 Å². The molecule has 0 aliphatic carbocycles. The zero-order chi connectivity index (χ0) is 9.80. The summed E-state index contributed by atoms with van der Waals surface area (Å²) in [6, 6.07) is 9.55. The lowest BCUT2D eigenvalue weighted by atomic mass is 10.2. The summed E-state index contributed by atoms with van der Waals surface area (Å²) in [6.07, 6.45) is 3.11. The minimum Gasteiger partial charge on any atom is -0.439 e. The van der Waals surface area contributed by atoms with Crippen molar-refractivity contribution in [3.63, 3.8) is 0 Å². The fourth-order valence-corrected chi connectivity index (χ4v) is 1.14. The van der Waals surface area contributed by atoms with Crippen molar-refractivity contribution in [3.8, 4) is 11.6 Å². The normalized spacial score (nSPS) is 9.79. The van der Waals surface area contributed by atoms with Crippen molar-refractivity contribution in [1.82, 2.24) is 9.97 Å². The Kier molecular flexibility index (Phi) is 2.40. The minimum absolute atomic E-state index is 0.561. The quantitative estimate of drug-likeness (QED) is 0.723. The van der Waals surface area contributed by atoms with Crippen LogP contribution in [0, 0.1) is 6.92 Å². The Bertz CT molecular complexity index is 415. The van der Waals surface area contributed by atoms with Crippen molar-refractivity contribution in [3.05, 3.63) is 48.4 Å². The van der Waals surface area contributed by atoms with E-state index in [2.05, 4.69) is 9.97 Å². The number of aromatic nitrogens is 2. The van der Waals surface area contributed by atoms with Crippen LogP contribution in [0.1, 0.15) is 5.56 Å². The summed E-state index contributed by atoms with van der Waals surface area (Å²) >= 11 is 0. The molecule has 2 aromatic rings. The number of hydrogen-bond donors (Lipinski definition) is 0. The summed E-state index contributed by atoms with van der Waals surface area (Å²) in [5.41, 5.74) is 1.16. The van der Waals surface area contributed by atoms with Gasteiger partial charge in [-0.05, 0) is 24.6 Å². The summed E-state index contributed by atoms with van der Waals surface area (Å²) < 4.78 is 5.51. The first-order valence-corrected chi connectivity index (χ1v) is 4.35. The molecular weight excluding hydrogens is 176 g/mol. The Hall–Kier alpha value is -1.90. The SMILES string of the molecule is Cc1cccc(Oc2ccncn2)c1. The molecule has 0 unspecified atom stereocenters. The number of aryl methyl sites for hydroxylation is 1. The Balaban J connectivity index is 2.19. The molecule has 0 spiro atoms. The molecule has 3 nitrogen and oxygen atoms in total. The maximum Gasteiger partial charge on any atom is 0.222 e. The smallest absolute Gasteiger partial charge is 0.222 e. The molecule has 70 valence electrons. The number of nitrogens with zero attached hydrogens (tertiary/aromatic N) is 2. The number of rotatable bonds is 2. The minimum atomic E-state index is 0.561. The largest absolute Gasteiger partial charge is 0.439 e. The Morgan fingerprint density at radius 3 is 2.86 bits per heavy atom. The summed E-state index contributed by atoms with van der Waals surface area (Å²) in [4.78, 5) is 7.78. The Labute approximate surface area is 82.4 Å². The van der Waals surface area contributed by atoms with Crippen LogP contribution in [-0.2, 0) is 0 Å². The third-order valence-electron chi connectivity index (χ3n) is 1.77. The first kappa shape index (κ1) is 8.69. The number of hydrogen-bond acceptors (Lipinski definition) is 3. The maximum absolute atomic E-state index is 5.51. The van der Waals surface area contributed by atoms with Crippen molar-refractivity contribution in [2.24, 2.45) is 0 Å². The van der Waals surface area contributed by atoms with Crippen molar-refractivity contribution < 1.29 is 4.74 Å². The predicted molar refractivity (Wildman–Crippen MR) is 53.3 cm³/mol. The van der Waals surface area contributed by atoms with Crippen molar-refractivity contribution in [2.75, 3.05) is 0 Å². The molecule has 1 heterocycles. The molecule has 3 heteroatoms. The summed E-state index contributed by atoms with van der Waals surface area (Å²) in [5.74, 6) is 1.36. The molecule has 1 aromatic heterocycles. The van der Waals surface area contributed by atoms with Gasteiger partial charge in [0.15, 0.2) is 0 Å². The van der Waals surface area contributed by atoms with E-state index in [-0.39, 0.29) is 0 Å². The molecule has 0 radical (unpaired) electrons. The standard InChI is InChI=1S/C11H10N2O/c1-9-3-2-4-10(7-9)14-11-5-6-12-8-13-11/h2-8H,1H3. The van der Waals surface area contributed by atoms with Crippen molar-refractivity contribution >= 4 is 0 Å². The highest BCUT2D eigenvalue weighted by Crippen LogP contribution is 2.18. The van der Waals surface area contributed by atoms with E-state index in [0.29, 0.717) is 5.88 Å². The Morgan fingerprint density at radius 2 is 2.14 bits per heavy atom. The zero-order valence-corrected chi connectivity index (χ0v) is 7.84. The van der Waals surface area contributed by atoms with Crippen LogP contribution in [-0.4, -0.2) is 9.97 Å². The third-order valence-corrected chi connectivity index (χ3v) is 1.77. The molecule has 14 heavy (non-hydrogen) atoms. The second-order valence-electron chi connectivity index (χ2n) is 2.97. The van der Waals surface area contributed by atoms with Crippen LogP contribution in [0.4, 0.5) is 0 Å². The molecule has 2 rings (SSSR count). The summed E-state index contributed by atoms with van der Waals surface area (Å²) in [6.45, 7) is 2.02. The molecular formula is C11H10N2O. The van der Waals surface area contributed by atoms with Gasteiger partial charge in [0.1, 0.15) is 12.1 Å². The van der Waals surface area contributed by atoms with Crippen LogP contribution in [0.2, 0.25) is 0 Å². The molecule has 0 saturated heterocycles. The first-order chi connectivity index (χ1) is 6.84. The van der Waals surface area contributed by atoms with E-state index in [4.69, 9.17) is 4.74 Å². The van der Waals surface area contributed by atoms with Gasteiger partial charge in [-0.3, -0.25) is 0 Å². The maximum atomic E-state index is 5.51. The van der Waals surface area contributed by atoms with Crippen molar-refractivity contribution in [2.45, 2.75) is 6.92 Å². The molecule has 0 amide bonds. The van der Waals surface area contributed by atoms with E-state index < -0.39 is 0 Å². The van der Waals surface area contributed by atoms with Gasteiger partial charge < -0.3 is 4.74 Å². The van der Waals surface area contributed by atoms with E-state index in [0.717, 1.165) is 11.3 Å². The Morgan fingerprint density at radius 1 is 1.21 bits per heavy atom. The van der Waals surface area contributed by atoms with Crippen LogP contribution in [0.15, 0.2) is 42.9 Å². The van der Waals surface area contributed by atoms with Gasteiger partial charge in [0.05, 0.1) is 0 Å². The van der Waals surface area contributed by atoms with Gasteiger partial charge >= 0.3 is 0 Å². The van der Waals surface area contributed by atoms with Gasteiger partial charge in [-0.2, -0.15) is 0 Å². The lowest BCUT2D eigenvalue weighted by molar-refractivity contribution is 0.461. The lowest BCUT2D eigenvalue weighted by Crippen LogP contribution is -1.87. The zero-order valence-electron chi connectivity index (χ0n) is 7.84. The van der Waals surface area contributed by atoms with Gasteiger partial charge in [0.25, 0.3) is 0 Å². The first-order valence-electron chi connectivity index (χ1n) is 4.35. The van der Waals surface area contributed by atoms with E-state index in [1.807, 2.05) is 31.2 Å². The highest BCUT2D eigenvalue weighted by molar-refractivity contribution is 5.30.